The number of ether oxygens (including phenoxy) is 2. The molecule has 1 aromatic carbocycles. The molecule has 6 nitrogen and oxygen atoms in total. The first kappa shape index (κ1) is 33.3. The third-order valence-electron chi connectivity index (χ3n) is 9.38. The number of fused-ring (bicyclic) bond motifs is 4. The predicted molar refractivity (Wildman–Crippen MR) is 202 cm³/mol. The molecule has 0 saturated heterocycles. The zero-order chi connectivity index (χ0) is 33.3. The highest BCUT2D eigenvalue weighted by Gasteiger charge is 2.26. The first-order chi connectivity index (χ1) is 23.6. The van der Waals surface area contributed by atoms with Crippen LogP contribution in [0.5, 0.6) is 11.5 Å². The van der Waals surface area contributed by atoms with Crippen LogP contribution in [0.2, 0.25) is 0 Å². The first-order valence-electron chi connectivity index (χ1n) is 17.8. The molecule has 0 radical (unpaired) electrons. The summed E-state index contributed by atoms with van der Waals surface area (Å²) in [6, 6.07) is 5.91. The Morgan fingerprint density at radius 1 is 0.542 bits per heavy atom. The van der Waals surface area contributed by atoms with E-state index in [1.807, 2.05) is 18.2 Å². The molecule has 0 atom stereocenters. The van der Waals surface area contributed by atoms with Gasteiger partial charge in [-0.2, -0.15) is 0 Å². The molecule has 0 N–H and O–H groups in total. The van der Waals surface area contributed by atoms with Crippen molar-refractivity contribution in [2.24, 2.45) is 20.0 Å². The van der Waals surface area contributed by atoms with Crippen LogP contribution in [0.1, 0.15) is 96.5 Å². The summed E-state index contributed by atoms with van der Waals surface area (Å²) in [6.07, 6.45) is 33.0. The summed E-state index contributed by atoms with van der Waals surface area (Å²) in [5.41, 5.74) is 11.6. The molecule has 0 amide bonds. The molecule has 1 aromatic rings. The number of rotatable bonds is 15. The number of aliphatic imine (C=N–C) groups is 4. The summed E-state index contributed by atoms with van der Waals surface area (Å²) < 4.78 is 11.6. The molecule has 5 aliphatic heterocycles. The highest BCUT2D eigenvalue weighted by Crippen LogP contribution is 2.38. The number of allylic oxidation sites excluding steroid dienone is 12. The van der Waals surface area contributed by atoms with Gasteiger partial charge in [0.15, 0.2) is 0 Å². The second kappa shape index (κ2) is 16.0. The van der Waals surface area contributed by atoms with Crippen molar-refractivity contribution in [3.05, 3.63) is 112 Å². The summed E-state index contributed by atoms with van der Waals surface area (Å²) in [4.78, 5) is 20.9. The molecule has 0 saturated carbocycles. The monoisotopic (exact) mass is 640 g/mol. The molecule has 0 spiro atoms. The van der Waals surface area contributed by atoms with Crippen molar-refractivity contribution >= 4 is 28.4 Å². The quantitative estimate of drug-likeness (QED) is 0.179. The van der Waals surface area contributed by atoms with Crippen LogP contribution in [-0.4, -0.2) is 37.1 Å². The third-order valence-corrected chi connectivity index (χ3v) is 9.38. The van der Waals surface area contributed by atoms with Crippen LogP contribution < -0.4 is 9.47 Å². The van der Waals surface area contributed by atoms with E-state index >= 15 is 0 Å². The minimum Gasteiger partial charge on any atom is -0.497 e. The normalized spacial score (nSPS) is 17.8. The van der Waals surface area contributed by atoms with E-state index in [0.29, 0.717) is 0 Å². The Kier molecular flexibility index (Phi) is 11.1. The molecular weight excluding hydrogens is 592 g/mol. The van der Waals surface area contributed by atoms with E-state index in [0.717, 1.165) is 94.0 Å². The van der Waals surface area contributed by atoms with Gasteiger partial charge in [0.25, 0.3) is 0 Å². The maximum Gasteiger partial charge on any atom is 0.127 e. The molecule has 48 heavy (non-hydrogen) atoms. The van der Waals surface area contributed by atoms with Crippen LogP contribution in [0, 0.1) is 0 Å². The molecule has 0 aliphatic carbocycles. The summed E-state index contributed by atoms with van der Waals surface area (Å²) >= 11 is 0. The van der Waals surface area contributed by atoms with E-state index in [1.165, 1.54) is 62.5 Å². The molecule has 0 fully saturated rings. The highest BCUT2D eigenvalue weighted by molar-refractivity contribution is 6.33. The molecule has 8 bridgehead atoms. The SMILES string of the molecule is CCCCCCCC1=C2C=CC(=N2)C=C2C=CC(=N2)C(CCCCCCC)=C2C=CC(=N2)C(c2cc(OC)ccc2OC)=C2C=CC1=N2. The van der Waals surface area contributed by atoms with Crippen molar-refractivity contribution < 1.29 is 9.47 Å². The number of benzene rings is 1. The Balaban J connectivity index is 1.52. The van der Waals surface area contributed by atoms with Gasteiger partial charge in [-0.3, -0.25) is 0 Å². The summed E-state index contributed by atoms with van der Waals surface area (Å²) in [5.74, 6) is 1.50. The molecule has 0 unspecified atom stereocenters. The third kappa shape index (κ3) is 7.59. The summed E-state index contributed by atoms with van der Waals surface area (Å²) in [5, 5.41) is 0. The average Bonchev–Trinajstić information content (AvgIpc) is 3.94. The van der Waals surface area contributed by atoms with Crippen molar-refractivity contribution in [3.8, 4) is 11.5 Å². The maximum atomic E-state index is 5.92. The Morgan fingerprint density at radius 2 is 1.15 bits per heavy atom. The molecule has 6 heteroatoms. The van der Waals surface area contributed by atoms with Gasteiger partial charge in [0.05, 0.1) is 59.9 Å². The second-order valence-electron chi connectivity index (χ2n) is 12.8. The fourth-order valence-electron chi connectivity index (χ4n) is 6.75. The molecule has 6 rings (SSSR count). The van der Waals surface area contributed by atoms with E-state index in [-0.39, 0.29) is 0 Å². The minimum absolute atomic E-state index is 0.745. The van der Waals surface area contributed by atoms with Gasteiger partial charge in [-0.1, -0.05) is 65.2 Å². The van der Waals surface area contributed by atoms with Gasteiger partial charge in [-0.15, -0.1) is 0 Å². The summed E-state index contributed by atoms with van der Waals surface area (Å²) in [7, 11) is 3.40. The summed E-state index contributed by atoms with van der Waals surface area (Å²) in [6.45, 7) is 4.51. The van der Waals surface area contributed by atoms with Gasteiger partial charge < -0.3 is 9.47 Å². The van der Waals surface area contributed by atoms with Gasteiger partial charge in [0, 0.05) is 22.3 Å². The lowest BCUT2D eigenvalue weighted by atomic mass is 9.97. The van der Waals surface area contributed by atoms with Crippen LogP contribution in [0.4, 0.5) is 0 Å². The van der Waals surface area contributed by atoms with E-state index in [4.69, 9.17) is 29.4 Å². The predicted octanol–water partition coefficient (Wildman–Crippen LogP) is 10.6. The molecule has 5 aliphatic rings. The van der Waals surface area contributed by atoms with Crippen LogP contribution in [0.15, 0.2) is 127 Å². The number of nitrogens with zero attached hydrogens (tertiary/aromatic N) is 4. The Bertz CT molecular complexity index is 1790. The fourth-order valence-corrected chi connectivity index (χ4v) is 6.75. The molecule has 248 valence electrons. The first-order valence-corrected chi connectivity index (χ1v) is 17.8. The lowest BCUT2D eigenvalue weighted by Gasteiger charge is -2.15. The molecule has 5 heterocycles. The largest absolute Gasteiger partial charge is 0.497 e. The van der Waals surface area contributed by atoms with Crippen molar-refractivity contribution in [1.29, 1.82) is 0 Å². The van der Waals surface area contributed by atoms with Crippen molar-refractivity contribution in [2.45, 2.75) is 90.9 Å². The lowest BCUT2D eigenvalue weighted by molar-refractivity contribution is 0.402. The van der Waals surface area contributed by atoms with Crippen LogP contribution in [0.3, 0.4) is 0 Å². The number of hydrogen-bond donors (Lipinski definition) is 0. The smallest absolute Gasteiger partial charge is 0.127 e. The molecular formula is C42H48N4O2. The van der Waals surface area contributed by atoms with Crippen LogP contribution >= 0.6 is 0 Å². The van der Waals surface area contributed by atoms with Crippen molar-refractivity contribution in [2.75, 3.05) is 14.2 Å². The van der Waals surface area contributed by atoms with Crippen LogP contribution in [-0.2, 0) is 0 Å². The fraction of sp³-hybridized carbons (Fsp3) is 0.381. The average molecular weight is 641 g/mol. The molecule has 0 aromatic heterocycles. The number of methoxy groups -OCH3 is 2. The topological polar surface area (TPSA) is 67.9 Å². The van der Waals surface area contributed by atoms with Crippen LogP contribution in [0.25, 0.3) is 5.57 Å². The van der Waals surface area contributed by atoms with Crippen molar-refractivity contribution in [1.82, 2.24) is 0 Å². The highest BCUT2D eigenvalue weighted by atomic mass is 16.5. The second-order valence-corrected chi connectivity index (χ2v) is 12.8. The minimum atomic E-state index is 0.745. The van der Waals surface area contributed by atoms with Gasteiger partial charge in [0.2, 0.25) is 0 Å². The van der Waals surface area contributed by atoms with Crippen molar-refractivity contribution in [3.63, 3.8) is 0 Å². The van der Waals surface area contributed by atoms with E-state index in [1.54, 1.807) is 14.2 Å². The standard InChI is InChI=1S/C42H48N4O2/c1-5-7-9-11-13-15-32-35-20-17-29(43-35)27-30-18-21-36(44-30)33(16-14-12-10-8-6-2)38-23-25-40(46-38)42(39-24-22-37(32)45-39)34-28-31(47-3)19-26-41(34)48-4/h17-28H,5-16H2,1-4H3. The maximum absolute atomic E-state index is 5.92. The van der Waals surface area contributed by atoms with E-state index in [2.05, 4.69) is 68.5 Å². The van der Waals surface area contributed by atoms with E-state index in [9.17, 15) is 0 Å². The lowest BCUT2D eigenvalue weighted by Crippen LogP contribution is -2.04. The number of unbranched alkanes of at least 4 members (excludes halogenated alkanes) is 8. The van der Waals surface area contributed by atoms with Gasteiger partial charge >= 0.3 is 0 Å². The van der Waals surface area contributed by atoms with Gasteiger partial charge in [-0.05, 0) is 98.6 Å². The van der Waals surface area contributed by atoms with E-state index < -0.39 is 0 Å². The van der Waals surface area contributed by atoms with Gasteiger partial charge in [0.1, 0.15) is 11.5 Å². The zero-order valence-electron chi connectivity index (χ0n) is 29.0. The van der Waals surface area contributed by atoms with Gasteiger partial charge in [-0.25, -0.2) is 20.0 Å². The zero-order valence-corrected chi connectivity index (χ0v) is 29.0. The Hall–Kier alpha value is -4.58. The number of hydrogen-bond acceptors (Lipinski definition) is 6. The Labute approximate surface area is 286 Å². The Morgan fingerprint density at radius 3 is 1.85 bits per heavy atom.